The van der Waals surface area contributed by atoms with Crippen LogP contribution in [0.1, 0.15) is 37.0 Å². The average Bonchev–Trinajstić information content (AvgIpc) is 3.29. The van der Waals surface area contributed by atoms with E-state index >= 15 is 0 Å². The fourth-order valence-corrected chi connectivity index (χ4v) is 4.15. The fourth-order valence-electron chi connectivity index (χ4n) is 3.40. The summed E-state index contributed by atoms with van der Waals surface area (Å²) in [6, 6.07) is 4.22. The molecular formula is C19H26N2O3S. The number of thiophene rings is 1. The summed E-state index contributed by atoms with van der Waals surface area (Å²) in [6.45, 7) is 1.59. The van der Waals surface area contributed by atoms with Crippen molar-refractivity contribution < 1.29 is 14.3 Å². The number of carbonyl (C=O) groups is 2. The molecule has 1 saturated heterocycles. The minimum atomic E-state index is -0.141. The zero-order valence-electron chi connectivity index (χ0n) is 14.5. The van der Waals surface area contributed by atoms with Gasteiger partial charge in [-0.2, -0.15) is 0 Å². The number of hydrogen-bond acceptors (Lipinski definition) is 4. The molecule has 5 nitrogen and oxygen atoms in total. The van der Waals surface area contributed by atoms with Crippen LogP contribution in [0.2, 0.25) is 0 Å². The van der Waals surface area contributed by atoms with Crippen LogP contribution in [0.15, 0.2) is 29.7 Å². The number of ether oxygens (including phenoxy) is 1. The highest BCUT2D eigenvalue weighted by molar-refractivity contribution is 7.09. The van der Waals surface area contributed by atoms with Gasteiger partial charge in [0, 0.05) is 30.3 Å². The SMILES string of the molecule is O=C(C[C@@H]1COCCN1C(=O)CCCc1cccs1)NC1CC=CC1. The van der Waals surface area contributed by atoms with Crippen molar-refractivity contribution in [3.8, 4) is 0 Å². The maximum atomic E-state index is 12.6. The van der Waals surface area contributed by atoms with E-state index in [2.05, 4.69) is 28.9 Å². The Balaban J connectivity index is 1.45. The van der Waals surface area contributed by atoms with Crippen molar-refractivity contribution in [3.63, 3.8) is 0 Å². The number of rotatable bonds is 7. The van der Waals surface area contributed by atoms with Gasteiger partial charge in [-0.1, -0.05) is 18.2 Å². The summed E-state index contributed by atoms with van der Waals surface area (Å²) in [7, 11) is 0. The van der Waals surface area contributed by atoms with Gasteiger partial charge in [0.25, 0.3) is 0 Å². The maximum absolute atomic E-state index is 12.6. The Hall–Kier alpha value is -1.66. The Labute approximate surface area is 153 Å². The summed E-state index contributed by atoms with van der Waals surface area (Å²) in [5.41, 5.74) is 0. The number of nitrogens with zero attached hydrogens (tertiary/aromatic N) is 1. The maximum Gasteiger partial charge on any atom is 0.223 e. The van der Waals surface area contributed by atoms with Crippen molar-refractivity contribution in [1.82, 2.24) is 10.2 Å². The van der Waals surface area contributed by atoms with Crippen LogP contribution in [-0.2, 0) is 20.7 Å². The van der Waals surface area contributed by atoms with Gasteiger partial charge < -0.3 is 15.0 Å². The number of carbonyl (C=O) groups excluding carboxylic acids is 2. The molecular weight excluding hydrogens is 336 g/mol. The van der Waals surface area contributed by atoms with Crippen LogP contribution in [0.3, 0.4) is 0 Å². The van der Waals surface area contributed by atoms with Crippen LogP contribution < -0.4 is 5.32 Å². The van der Waals surface area contributed by atoms with Crippen LogP contribution in [0.4, 0.5) is 0 Å². The molecule has 0 unspecified atom stereocenters. The normalized spacial score (nSPS) is 20.8. The summed E-state index contributed by atoms with van der Waals surface area (Å²) in [5.74, 6) is 0.153. The van der Waals surface area contributed by atoms with Crippen LogP contribution in [-0.4, -0.2) is 48.6 Å². The number of amides is 2. The van der Waals surface area contributed by atoms with Crippen molar-refractivity contribution in [3.05, 3.63) is 34.5 Å². The molecule has 1 aliphatic heterocycles. The average molecular weight is 362 g/mol. The molecule has 1 aliphatic carbocycles. The van der Waals surface area contributed by atoms with E-state index in [1.165, 1.54) is 4.88 Å². The van der Waals surface area contributed by atoms with Gasteiger partial charge in [-0.3, -0.25) is 9.59 Å². The second-order valence-corrected chi connectivity index (χ2v) is 7.69. The molecule has 2 heterocycles. The highest BCUT2D eigenvalue weighted by Crippen LogP contribution is 2.17. The lowest BCUT2D eigenvalue weighted by Gasteiger charge is -2.35. The first-order valence-corrected chi connectivity index (χ1v) is 9.94. The van der Waals surface area contributed by atoms with Crippen LogP contribution in [0.25, 0.3) is 0 Å². The summed E-state index contributed by atoms with van der Waals surface area (Å²) in [6.07, 6.45) is 8.64. The van der Waals surface area contributed by atoms with Crippen LogP contribution in [0.5, 0.6) is 0 Å². The molecule has 25 heavy (non-hydrogen) atoms. The molecule has 1 aromatic rings. The summed E-state index contributed by atoms with van der Waals surface area (Å²) in [4.78, 5) is 28.0. The Bertz CT molecular complexity index is 592. The Kier molecular flexibility index (Phi) is 6.64. The molecule has 0 bridgehead atoms. The number of aryl methyl sites for hydroxylation is 1. The third kappa shape index (κ3) is 5.41. The molecule has 3 rings (SSSR count). The van der Waals surface area contributed by atoms with E-state index in [4.69, 9.17) is 4.74 Å². The van der Waals surface area contributed by atoms with Gasteiger partial charge in [0.15, 0.2) is 0 Å². The first-order valence-electron chi connectivity index (χ1n) is 9.06. The molecule has 0 saturated carbocycles. The summed E-state index contributed by atoms with van der Waals surface area (Å²) < 4.78 is 5.51. The van der Waals surface area contributed by atoms with Crippen molar-refractivity contribution in [2.75, 3.05) is 19.8 Å². The van der Waals surface area contributed by atoms with Crippen molar-refractivity contribution in [2.45, 2.75) is 50.6 Å². The molecule has 1 aromatic heterocycles. The lowest BCUT2D eigenvalue weighted by molar-refractivity contribution is -0.141. The van der Waals surface area contributed by atoms with Crippen LogP contribution >= 0.6 is 11.3 Å². The van der Waals surface area contributed by atoms with E-state index in [1.807, 2.05) is 11.0 Å². The predicted molar refractivity (Wildman–Crippen MR) is 98.5 cm³/mol. The highest BCUT2D eigenvalue weighted by Gasteiger charge is 2.29. The van der Waals surface area contributed by atoms with Gasteiger partial charge in [-0.05, 0) is 37.1 Å². The Morgan fingerprint density at radius 3 is 2.92 bits per heavy atom. The quantitative estimate of drug-likeness (QED) is 0.758. The molecule has 2 aliphatic rings. The summed E-state index contributed by atoms with van der Waals surface area (Å²) >= 11 is 1.73. The van der Waals surface area contributed by atoms with Gasteiger partial charge >= 0.3 is 0 Å². The number of morpholine rings is 1. The lowest BCUT2D eigenvalue weighted by atomic mass is 10.1. The largest absolute Gasteiger partial charge is 0.377 e. The third-order valence-corrected chi connectivity index (χ3v) is 5.67. The smallest absolute Gasteiger partial charge is 0.223 e. The van der Waals surface area contributed by atoms with E-state index in [0.29, 0.717) is 32.6 Å². The minimum Gasteiger partial charge on any atom is -0.377 e. The van der Waals surface area contributed by atoms with E-state index < -0.39 is 0 Å². The standard InChI is InChI=1S/C19H26N2O3S/c22-18(20-15-5-1-2-6-15)13-16-14-24-11-10-21(16)19(23)9-3-7-17-8-4-12-25-17/h1-2,4,8,12,15-16H,3,5-7,9-11,13-14H2,(H,20,22)/t16-/m1/s1. The second-order valence-electron chi connectivity index (χ2n) is 6.66. The van der Waals surface area contributed by atoms with E-state index in [1.54, 1.807) is 11.3 Å². The first-order chi connectivity index (χ1) is 12.2. The zero-order valence-corrected chi connectivity index (χ0v) is 15.3. The molecule has 0 spiro atoms. The Morgan fingerprint density at radius 2 is 2.16 bits per heavy atom. The van der Waals surface area contributed by atoms with E-state index in [-0.39, 0.29) is 23.9 Å². The van der Waals surface area contributed by atoms with Gasteiger partial charge in [0.1, 0.15) is 0 Å². The fraction of sp³-hybridized carbons (Fsp3) is 0.579. The summed E-state index contributed by atoms with van der Waals surface area (Å²) in [5, 5.41) is 5.12. The molecule has 1 fully saturated rings. The topological polar surface area (TPSA) is 58.6 Å². The predicted octanol–water partition coefficient (Wildman–Crippen LogP) is 2.52. The Morgan fingerprint density at radius 1 is 1.32 bits per heavy atom. The van der Waals surface area contributed by atoms with Gasteiger partial charge in [0.05, 0.1) is 19.3 Å². The minimum absolute atomic E-state index is 0.0144. The molecule has 6 heteroatoms. The van der Waals surface area contributed by atoms with Gasteiger partial charge in [-0.25, -0.2) is 0 Å². The molecule has 1 N–H and O–H groups in total. The van der Waals surface area contributed by atoms with E-state index in [9.17, 15) is 9.59 Å². The number of nitrogens with one attached hydrogen (secondary N) is 1. The first kappa shape index (κ1) is 18.1. The third-order valence-electron chi connectivity index (χ3n) is 4.74. The van der Waals surface area contributed by atoms with Crippen molar-refractivity contribution >= 4 is 23.2 Å². The highest BCUT2D eigenvalue weighted by atomic mass is 32.1. The van der Waals surface area contributed by atoms with Crippen LogP contribution in [0, 0.1) is 0 Å². The number of hydrogen-bond donors (Lipinski definition) is 1. The molecule has 136 valence electrons. The zero-order chi connectivity index (χ0) is 17.5. The molecule has 0 radical (unpaired) electrons. The van der Waals surface area contributed by atoms with Gasteiger partial charge in [-0.15, -0.1) is 11.3 Å². The monoisotopic (exact) mass is 362 g/mol. The second kappa shape index (κ2) is 9.15. The molecule has 2 amide bonds. The van der Waals surface area contributed by atoms with E-state index in [0.717, 1.165) is 25.7 Å². The van der Waals surface area contributed by atoms with Crippen molar-refractivity contribution in [1.29, 1.82) is 0 Å². The lowest BCUT2D eigenvalue weighted by Crippen LogP contribution is -2.51. The van der Waals surface area contributed by atoms with Crippen molar-refractivity contribution in [2.24, 2.45) is 0 Å². The van der Waals surface area contributed by atoms with Gasteiger partial charge in [0.2, 0.25) is 11.8 Å². The molecule has 0 aromatic carbocycles. The molecule has 1 atom stereocenters.